The predicted octanol–water partition coefficient (Wildman–Crippen LogP) is 6.16. The Bertz CT molecular complexity index is 2100. The van der Waals surface area contributed by atoms with Crippen molar-refractivity contribution >= 4 is 43.8 Å². The summed E-state index contributed by atoms with van der Waals surface area (Å²) in [7, 11) is -0.701. The van der Waals surface area contributed by atoms with Crippen molar-refractivity contribution in [1.29, 1.82) is 0 Å². The van der Waals surface area contributed by atoms with Crippen molar-refractivity contribution < 1.29 is 22.0 Å². The molecule has 6 aromatic rings. The number of nitrogens with zero attached hydrogens (tertiary/aromatic N) is 3. The van der Waals surface area contributed by atoms with E-state index in [-0.39, 0.29) is 11.3 Å². The number of nitrogens with one attached hydrogen (secondary N) is 2. The van der Waals surface area contributed by atoms with Crippen LogP contribution in [0, 0.1) is 5.82 Å². The lowest BCUT2D eigenvalue weighted by molar-refractivity contribution is 0.0964. The zero-order chi connectivity index (χ0) is 30.5. The fraction of sp³-hybridized carbons (Fsp3) is 0.156. The maximum Gasteiger partial charge on any atom is 0.255 e. The second kappa shape index (κ2) is 10.7. The molecule has 3 aromatic carbocycles. The highest BCUT2D eigenvalue weighted by Gasteiger charge is 2.26. The van der Waals surface area contributed by atoms with Crippen molar-refractivity contribution in [3.8, 4) is 33.8 Å². The smallest absolute Gasteiger partial charge is 0.255 e. The Kier molecular flexibility index (Phi) is 6.97. The Morgan fingerprint density at radius 2 is 1.79 bits per heavy atom. The Morgan fingerprint density at radius 3 is 2.47 bits per heavy atom. The quantitative estimate of drug-likeness (QED) is 0.227. The van der Waals surface area contributed by atoms with Crippen molar-refractivity contribution in [3.05, 3.63) is 89.9 Å². The number of fused-ring (bicyclic) bond motifs is 2. The van der Waals surface area contributed by atoms with Crippen LogP contribution in [0.15, 0.2) is 77.3 Å². The third-order valence-corrected chi connectivity index (χ3v) is 8.64. The summed E-state index contributed by atoms with van der Waals surface area (Å²) in [5.41, 5.74) is 5.91. The minimum Gasteiger partial charge on any atom is -0.455 e. The Hall–Kier alpha value is -5.03. The van der Waals surface area contributed by atoms with E-state index < -0.39 is 21.7 Å². The molecule has 0 spiro atoms. The molecule has 3 aromatic heterocycles. The number of aromatic nitrogens is 3. The second-order valence-electron chi connectivity index (χ2n) is 10.2. The number of aryl methyl sites for hydroxylation is 1. The SMILES string of the molecule is CCc1cc(-c2nc3cccnc3[nH]2)cc(-c2cc3c(C(=O)NC)c(-c4ccc(F)cc4)oc3cc2N(C)S(C)(=O)=O)c1. The number of pyridine rings is 1. The number of hydrogen-bond acceptors (Lipinski definition) is 6. The third kappa shape index (κ3) is 5.12. The standard InChI is InChI=1S/C32H28FN5O4S/c1-5-18-13-20(15-21(14-18)30-36-25-7-6-12-35-31(25)37-30)23-16-24-27(17-26(23)38(3)43(4,40)41)42-29(28(24)32(39)34-2)19-8-10-22(33)11-9-19/h6-17H,5H2,1-4H3,(H,34,39)(H,35,36,37). The van der Waals surface area contributed by atoms with E-state index in [1.807, 2.05) is 37.3 Å². The van der Waals surface area contributed by atoms with E-state index in [0.717, 1.165) is 28.5 Å². The molecule has 2 N–H and O–H groups in total. The minimum atomic E-state index is -3.69. The van der Waals surface area contributed by atoms with Crippen LogP contribution in [-0.4, -0.2) is 49.6 Å². The van der Waals surface area contributed by atoms with Crippen molar-refractivity contribution in [2.45, 2.75) is 13.3 Å². The summed E-state index contributed by atoms with van der Waals surface area (Å²) in [4.78, 5) is 25.6. The van der Waals surface area contributed by atoms with E-state index in [1.165, 1.54) is 42.7 Å². The molecule has 0 atom stereocenters. The first-order valence-electron chi connectivity index (χ1n) is 13.5. The van der Waals surface area contributed by atoms with Crippen LogP contribution in [0.5, 0.6) is 0 Å². The van der Waals surface area contributed by atoms with E-state index in [1.54, 1.807) is 18.3 Å². The number of furan rings is 1. The summed E-state index contributed by atoms with van der Waals surface area (Å²) in [6, 6.07) is 18.7. The van der Waals surface area contributed by atoms with Crippen molar-refractivity contribution in [3.63, 3.8) is 0 Å². The largest absolute Gasteiger partial charge is 0.455 e. The molecular formula is C32H28FN5O4S. The molecule has 1 amide bonds. The molecule has 0 bridgehead atoms. The van der Waals surface area contributed by atoms with Gasteiger partial charge in [-0.2, -0.15) is 0 Å². The summed E-state index contributed by atoms with van der Waals surface area (Å²) in [5.74, 6) is 0.0492. The van der Waals surface area contributed by atoms with Gasteiger partial charge < -0.3 is 14.7 Å². The number of amides is 1. The molecule has 6 rings (SSSR count). The van der Waals surface area contributed by atoms with E-state index >= 15 is 0 Å². The van der Waals surface area contributed by atoms with Gasteiger partial charge in [-0.25, -0.2) is 22.8 Å². The lowest BCUT2D eigenvalue weighted by Crippen LogP contribution is -2.25. The number of imidazole rings is 1. The molecule has 0 saturated carbocycles. The second-order valence-corrected chi connectivity index (χ2v) is 12.2. The fourth-order valence-electron chi connectivity index (χ4n) is 5.13. The summed E-state index contributed by atoms with van der Waals surface area (Å²) in [6.45, 7) is 2.03. The van der Waals surface area contributed by atoms with Gasteiger partial charge in [0.1, 0.15) is 28.5 Å². The Balaban J connectivity index is 1.64. The highest BCUT2D eigenvalue weighted by Crippen LogP contribution is 2.42. The normalized spacial score (nSPS) is 11.7. The molecule has 0 aliphatic heterocycles. The number of carbonyl (C=O) groups is 1. The third-order valence-electron chi connectivity index (χ3n) is 7.44. The summed E-state index contributed by atoms with van der Waals surface area (Å²) >= 11 is 0. The molecular weight excluding hydrogens is 569 g/mol. The number of halogens is 1. The van der Waals surface area contributed by atoms with Gasteiger partial charge in [-0.15, -0.1) is 0 Å². The topological polar surface area (TPSA) is 121 Å². The molecule has 0 fully saturated rings. The van der Waals surface area contributed by atoms with Crippen LogP contribution in [0.25, 0.3) is 56.0 Å². The number of H-pyrrole nitrogens is 1. The molecule has 0 radical (unpaired) electrons. The van der Waals surface area contributed by atoms with Gasteiger partial charge in [-0.1, -0.05) is 13.0 Å². The van der Waals surface area contributed by atoms with Crippen LogP contribution < -0.4 is 9.62 Å². The summed E-state index contributed by atoms with van der Waals surface area (Å²) in [6.07, 6.45) is 3.52. The number of benzene rings is 3. The average molecular weight is 598 g/mol. The first-order valence-corrected chi connectivity index (χ1v) is 15.4. The first kappa shape index (κ1) is 28.1. The molecule has 0 aliphatic carbocycles. The molecule has 3 heterocycles. The van der Waals surface area contributed by atoms with Gasteiger partial charge in [-0.3, -0.25) is 9.10 Å². The number of carbonyl (C=O) groups excluding carboxylic acids is 1. The number of aromatic amines is 1. The summed E-state index contributed by atoms with van der Waals surface area (Å²) in [5, 5.41) is 3.15. The lowest BCUT2D eigenvalue weighted by atomic mass is 9.95. The minimum absolute atomic E-state index is 0.247. The van der Waals surface area contributed by atoms with Crippen molar-refractivity contribution in [1.82, 2.24) is 20.3 Å². The van der Waals surface area contributed by atoms with Gasteiger partial charge in [0.2, 0.25) is 10.0 Å². The first-order chi connectivity index (χ1) is 20.6. The molecule has 218 valence electrons. The molecule has 11 heteroatoms. The van der Waals surface area contributed by atoms with Gasteiger partial charge >= 0.3 is 0 Å². The van der Waals surface area contributed by atoms with Crippen LogP contribution in [0.3, 0.4) is 0 Å². The van der Waals surface area contributed by atoms with Crippen LogP contribution >= 0.6 is 0 Å². The van der Waals surface area contributed by atoms with Crippen molar-refractivity contribution in [2.75, 3.05) is 24.7 Å². The molecule has 0 unspecified atom stereocenters. The maximum atomic E-state index is 13.7. The maximum absolute atomic E-state index is 13.7. The van der Waals surface area contributed by atoms with Crippen LogP contribution in [0.4, 0.5) is 10.1 Å². The van der Waals surface area contributed by atoms with E-state index in [0.29, 0.717) is 45.7 Å². The molecule has 0 saturated heterocycles. The monoisotopic (exact) mass is 597 g/mol. The van der Waals surface area contributed by atoms with Gasteiger partial charge in [0.15, 0.2) is 5.65 Å². The van der Waals surface area contributed by atoms with Gasteiger partial charge in [0.25, 0.3) is 5.91 Å². The zero-order valence-electron chi connectivity index (χ0n) is 23.9. The number of anilines is 1. The fourth-order valence-corrected chi connectivity index (χ4v) is 5.63. The van der Waals surface area contributed by atoms with E-state index in [9.17, 15) is 17.6 Å². The number of hydrogen-bond donors (Lipinski definition) is 2. The zero-order valence-corrected chi connectivity index (χ0v) is 24.7. The van der Waals surface area contributed by atoms with E-state index in [4.69, 9.17) is 9.40 Å². The Morgan fingerprint density at radius 1 is 1.05 bits per heavy atom. The van der Waals surface area contributed by atoms with Crippen LogP contribution in [0.2, 0.25) is 0 Å². The van der Waals surface area contributed by atoms with Crippen molar-refractivity contribution in [2.24, 2.45) is 0 Å². The van der Waals surface area contributed by atoms with Crippen LogP contribution in [-0.2, 0) is 16.4 Å². The molecule has 0 aliphatic rings. The Labute approximate surface area is 247 Å². The predicted molar refractivity (Wildman–Crippen MR) is 166 cm³/mol. The van der Waals surface area contributed by atoms with Gasteiger partial charge in [0, 0.05) is 48.4 Å². The average Bonchev–Trinajstić information content (AvgIpc) is 3.61. The van der Waals surface area contributed by atoms with Gasteiger partial charge in [0.05, 0.1) is 17.5 Å². The highest BCUT2D eigenvalue weighted by molar-refractivity contribution is 7.92. The van der Waals surface area contributed by atoms with Gasteiger partial charge in [-0.05, 0) is 72.1 Å². The van der Waals surface area contributed by atoms with E-state index in [2.05, 4.69) is 15.3 Å². The molecule has 9 nitrogen and oxygen atoms in total. The summed E-state index contributed by atoms with van der Waals surface area (Å²) < 4.78 is 46.7. The number of rotatable bonds is 7. The highest BCUT2D eigenvalue weighted by atomic mass is 32.2. The molecule has 43 heavy (non-hydrogen) atoms. The lowest BCUT2D eigenvalue weighted by Gasteiger charge is -2.21. The number of sulfonamides is 1. The van der Waals surface area contributed by atoms with Crippen LogP contribution in [0.1, 0.15) is 22.8 Å².